The van der Waals surface area contributed by atoms with Gasteiger partial charge in [0.2, 0.25) is 0 Å². The number of aliphatic hydroxyl groups is 1. The second-order valence-corrected chi connectivity index (χ2v) is 4.39. The van der Waals surface area contributed by atoms with Crippen molar-refractivity contribution in [3.8, 4) is 0 Å². The van der Waals surface area contributed by atoms with E-state index in [9.17, 15) is 5.11 Å². The van der Waals surface area contributed by atoms with Crippen LogP contribution in [0.2, 0.25) is 0 Å². The number of unbranched alkanes of at least 4 members (excludes halogenated alkanes) is 1. The first-order valence-corrected chi connectivity index (χ1v) is 6.77. The molecule has 0 aromatic heterocycles. The Morgan fingerprint density at radius 1 is 1.45 bits per heavy atom. The molecule has 0 aromatic carbocycles. The maximum Gasteiger partial charge on any atom is 0.156 e. The maximum atomic E-state index is 9.73. The van der Waals surface area contributed by atoms with Gasteiger partial charge in [-0.3, -0.25) is 0 Å². The molecular weight excluding hydrogens is 272 g/mol. The highest BCUT2D eigenvalue weighted by Crippen LogP contribution is 2.17. The zero-order chi connectivity index (χ0) is 13.9. The number of nitrogens with one attached hydrogen (secondary N) is 1. The Hall–Kier alpha value is -1.58. The van der Waals surface area contributed by atoms with Crippen molar-refractivity contribution in [2.45, 2.75) is 33.1 Å². The third-order valence-electron chi connectivity index (χ3n) is 2.82. The number of hydrogen-bond acceptors (Lipinski definition) is 5. The van der Waals surface area contributed by atoms with E-state index in [-0.39, 0.29) is 13.2 Å². The van der Waals surface area contributed by atoms with E-state index < -0.39 is 0 Å². The summed E-state index contributed by atoms with van der Waals surface area (Å²) in [6, 6.07) is 0. The summed E-state index contributed by atoms with van der Waals surface area (Å²) in [5, 5.41) is 15.3. The molecule has 0 aromatic rings. The lowest BCUT2D eigenvalue weighted by Crippen LogP contribution is -2.06. The van der Waals surface area contributed by atoms with Gasteiger partial charge >= 0.3 is 0 Å². The molecule has 0 saturated heterocycles. The van der Waals surface area contributed by atoms with Crippen molar-refractivity contribution in [3.05, 3.63) is 35.4 Å². The Morgan fingerprint density at radius 3 is 2.95 bits per heavy atom. The first-order valence-electron chi connectivity index (χ1n) is 6.36. The quantitative estimate of drug-likeness (QED) is 0.445. The van der Waals surface area contributed by atoms with Gasteiger partial charge in [0.15, 0.2) is 11.5 Å². The van der Waals surface area contributed by atoms with Crippen molar-refractivity contribution in [1.82, 2.24) is 5.32 Å². The largest absolute Gasteiger partial charge is 0.504 e. The van der Waals surface area contributed by atoms with Gasteiger partial charge in [0.25, 0.3) is 0 Å². The lowest BCUT2D eigenvalue weighted by Gasteiger charge is -2.06. The summed E-state index contributed by atoms with van der Waals surface area (Å²) in [5.74, 6) is 0.708. The van der Waals surface area contributed by atoms with Crippen LogP contribution in [-0.4, -0.2) is 30.5 Å². The van der Waals surface area contributed by atoms with Crippen LogP contribution in [0.15, 0.2) is 40.4 Å². The maximum absolute atomic E-state index is 9.73. The van der Waals surface area contributed by atoms with E-state index in [0.29, 0.717) is 12.3 Å². The number of ether oxygens (including phenoxy) is 1. The molecule has 0 radical (unpaired) electrons. The van der Waals surface area contributed by atoms with Gasteiger partial charge in [0.05, 0.1) is 12.3 Å². The highest BCUT2D eigenvalue weighted by molar-refractivity contribution is 7.78. The number of aliphatic imine (C=N–C) groups is 1. The molecule has 0 unspecified atom stereocenters. The standard InChI is InChI=1S/C14H20N2O2S.CH4/c1-18-14-6-5-12(4-2-3-8-16-11-19)10-15-9-7-13(14)17;/h6-7,10,15,17H,2-5,8-9H2,1H3;1H4/b12-10-,13-7?,14-6?;. The van der Waals surface area contributed by atoms with Crippen LogP contribution in [0.25, 0.3) is 0 Å². The number of thiocarbonyl (C=S) groups is 1. The van der Waals surface area contributed by atoms with Crippen molar-refractivity contribution in [2.24, 2.45) is 4.99 Å². The minimum atomic E-state index is 0. The molecule has 2 N–H and O–H groups in total. The van der Waals surface area contributed by atoms with Gasteiger partial charge in [0, 0.05) is 13.1 Å². The molecule has 0 atom stereocenters. The number of hydrogen-bond donors (Lipinski definition) is 2. The van der Waals surface area contributed by atoms with Crippen LogP contribution in [0.3, 0.4) is 0 Å². The molecule has 0 bridgehead atoms. The number of aliphatic hydroxyl groups excluding tert-OH is 1. The van der Waals surface area contributed by atoms with Gasteiger partial charge in [-0.1, -0.05) is 13.0 Å². The molecule has 0 fully saturated rings. The lowest BCUT2D eigenvalue weighted by molar-refractivity contribution is 0.254. The zero-order valence-corrected chi connectivity index (χ0v) is 12.0. The van der Waals surface area contributed by atoms with Crippen LogP contribution < -0.4 is 5.32 Å². The Morgan fingerprint density at radius 2 is 2.25 bits per heavy atom. The molecule has 112 valence electrons. The summed E-state index contributed by atoms with van der Waals surface area (Å²) in [6.07, 6.45) is 9.44. The molecule has 1 aliphatic heterocycles. The van der Waals surface area contributed by atoms with Gasteiger partial charge in [-0.15, -0.1) is 0 Å². The van der Waals surface area contributed by atoms with Crippen LogP contribution in [0.1, 0.15) is 33.1 Å². The molecule has 4 nitrogen and oxygen atoms in total. The number of rotatable bonds is 6. The fourth-order valence-electron chi connectivity index (χ4n) is 1.80. The fourth-order valence-corrected chi connectivity index (χ4v) is 1.89. The molecule has 0 saturated carbocycles. The van der Waals surface area contributed by atoms with E-state index in [1.165, 1.54) is 5.57 Å². The summed E-state index contributed by atoms with van der Waals surface area (Å²) in [7, 11) is 1.56. The smallest absolute Gasteiger partial charge is 0.156 e. The Bertz CT molecular complexity index is 422. The number of methoxy groups -OCH3 is 1. The third kappa shape index (κ3) is 7.12. The van der Waals surface area contributed by atoms with Crippen LogP contribution in [-0.2, 0) is 4.74 Å². The summed E-state index contributed by atoms with van der Waals surface area (Å²) >= 11 is 4.52. The van der Waals surface area contributed by atoms with Crippen molar-refractivity contribution < 1.29 is 9.84 Å². The minimum absolute atomic E-state index is 0. The number of isothiocyanates is 1. The van der Waals surface area contributed by atoms with Crippen molar-refractivity contribution >= 4 is 17.4 Å². The van der Waals surface area contributed by atoms with E-state index >= 15 is 0 Å². The van der Waals surface area contributed by atoms with Crippen molar-refractivity contribution in [2.75, 3.05) is 20.2 Å². The minimum Gasteiger partial charge on any atom is -0.504 e. The summed E-state index contributed by atoms with van der Waals surface area (Å²) < 4.78 is 5.15. The molecule has 0 aliphatic carbocycles. The second-order valence-electron chi connectivity index (χ2n) is 4.21. The topological polar surface area (TPSA) is 53.8 Å². The van der Waals surface area contributed by atoms with E-state index in [1.807, 2.05) is 12.3 Å². The molecule has 0 spiro atoms. The van der Waals surface area contributed by atoms with Crippen LogP contribution in [0.5, 0.6) is 0 Å². The first kappa shape index (κ1) is 18.4. The summed E-state index contributed by atoms with van der Waals surface area (Å²) in [6.45, 7) is 1.33. The van der Waals surface area contributed by atoms with E-state index in [0.717, 1.165) is 32.2 Å². The van der Waals surface area contributed by atoms with E-state index in [2.05, 4.69) is 27.7 Å². The molecule has 20 heavy (non-hydrogen) atoms. The van der Waals surface area contributed by atoms with Gasteiger partial charge in [-0.25, -0.2) is 4.99 Å². The molecule has 1 rings (SSSR count). The molecular formula is C15H24N2O2S. The van der Waals surface area contributed by atoms with Crippen molar-refractivity contribution in [1.29, 1.82) is 0 Å². The predicted octanol–water partition coefficient (Wildman–Crippen LogP) is 3.75. The predicted molar refractivity (Wildman–Crippen MR) is 87.0 cm³/mol. The highest BCUT2D eigenvalue weighted by Gasteiger charge is 2.05. The Balaban J connectivity index is 0.00000361. The monoisotopic (exact) mass is 296 g/mol. The SMILES string of the molecule is C.COC1=CC/C(CCCCN=C=S)=C\NCC=C1O. The van der Waals surface area contributed by atoms with E-state index in [4.69, 9.17) is 4.74 Å². The summed E-state index contributed by atoms with van der Waals surface area (Å²) in [5.41, 5.74) is 1.28. The van der Waals surface area contributed by atoms with Gasteiger partial charge in [0.1, 0.15) is 0 Å². The summed E-state index contributed by atoms with van der Waals surface area (Å²) in [4.78, 5) is 3.89. The molecule has 1 aliphatic rings. The van der Waals surface area contributed by atoms with Gasteiger partial charge in [-0.2, -0.15) is 0 Å². The van der Waals surface area contributed by atoms with Crippen molar-refractivity contribution in [3.63, 3.8) is 0 Å². The van der Waals surface area contributed by atoms with Crippen LogP contribution >= 0.6 is 12.2 Å². The van der Waals surface area contributed by atoms with Crippen LogP contribution in [0.4, 0.5) is 0 Å². The Labute approximate surface area is 126 Å². The number of allylic oxidation sites excluding steroid dienone is 2. The molecule has 5 heteroatoms. The van der Waals surface area contributed by atoms with Gasteiger partial charge < -0.3 is 15.2 Å². The zero-order valence-electron chi connectivity index (χ0n) is 11.2. The normalized spacial score (nSPS) is 17.4. The fraction of sp³-hybridized carbons (Fsp3) is 0.533. The average molecular weight is 296 g/mol. The first-order chi connectivity index (χ1) is 9.27. The van der Waals surface area contributed by atoms with Gasteiger partial charge in [-0.05, 0) is 56.3 Å². The second kappa shape index (κ2) is 11.3. The molecule has 1 heterocycles. The van der Waals surface area contributed by atoms with Crippen LogP contribution in [0, 0.1) is 0 Å². The number of nitrogens with zero attached hydrogens (tertiary/aromatic N) is 1. The Kier molecular flexibility index (Phi) is 10.4. The lowest BCUT2D eigenvalue weighted by atomic mass is 10.1. The van der Waals surface area contributed by atoms with E-state index in [1.54, 1.807) is 13.2 Å². The molecule has 0 amide bonds. The average Bonchev–Trinajstić information content (AvgIpc) is 2.50. The third-order valence-corrected chi connectivity index (χ3v) is 2.95. The highest BCUT2D eigenvalue weighted by atomic mass is 32.1.